The molecule has 3 atom stereocenters. The van der Waals surface area contributed by atoms with Crippen LogP contribution in [0.25, 0.3) is 0 Å². The molecule has 0 aromatic rings. The number of hydrazine groups is 1. The standard InChI is InChI=1S/C16H25Cl3N4O5/c1-9(2)12(20-8-24)13(25)21-10(3)14(26)23-6-4-5-11(22-23)15(27)28-7-16(17,18)19/h8-12,22H,4-7H2,1-3H3,(H,20,24)(H,21,25)/t10-,11?,12?/m0/s1. The van der Waals surface area contributed by atoms with Crippen LogP contribution in [0.5, 0.6) is 0 Å². The summed E-state index contributed by atoms with van der Waals surface area (Å²) in [5, 5.41) is 6.26. The normalized spacial score (nSPS) is 19.5. The van der Waals surface area contributed by atoms with Crippen molar-refractivity contribution in [3.63, 3.8) is 0 Å². The first-order chi connectivity index (χ1) is 13.0. The van der Waals surface area contributed by atoms with E-state index in [4.69, 9.17) is 39.5 Å². The van der Waals surface area contributed by atoms with Gasteiger partial charge in [-0.1, -0.05) is 48.7 Å². The summed E-state index contributed by atoms with van der Waals surface area (Å²) in [7, 11) is 0. The zero-order chi connectivity index (χ0) is 21.5. The highest BCUT2D eigenvalue weighted by Gasteiger charge is 2.33. The van der Waals surface area contributed by atoms with Crippen LogP contribution in [0.4, 0.5) is 0 Å². The lowest BCUT2D eigenvalue weighted by atomic mass is 10.0. The van der Waals surface area contributed by atoms with Gasteiger partial charge in [0.25, 0.3) is 5.91 Å². The van der Waals surface area contributed by atoms with Crippen molar-refractivity contribution in [3.05, 3.63) is 0 Å². The maximum absolute atomic E-state index is 12.6. The van der Waals surface area contributed by atoms with Gasteiger partial charge >= 0.3 is 5.97 Å². The molecule has 0 spiro atoms. The summed E-state index contributed by atoms with van der Waals surface area (Å²) in [6.07, 6.45) is 1.44. The van der Waals surface area contributed by atoms with Gasteiger partial charge in [0.05, 0.1) is 0 Å². The van der Waals surface area contributed by atoms with Crippen molar-refractivity contribution in [2.45, 2.75) is 55.5 Å². The van der Waals surface area contributed by atoms with Crippen molar-refractivity contribution in [2.75, 3.05) is 13.2 Å². The Morgan fingerprint density at radius 3 is 2.46 bits per heavy atom. The molecule has 1 rings (SSSR count). The molecular formula is C16H25Cl3N4O5. The number of rotatable bonds is 8. The molecule has 1 aliphatic heterocycles. The van der Waals surface area contributed by atoms with Gasteiger partial charge in [0.1, 0.15) is 24.7 Å². The number of nitrogens with one attached hydrogen (secondary N) is 3. The molecule has 0 saturated carbocycles. The van der Waals surface area contributed by atoms with E-state index >= 15 is 0 Å². The first kappa shape index (κ1) is 24.7. The summed E-state index contributed by atoms with van der Waals surface area (Å²) in [5.41, 5.74) is 2.78. The second-order valence-electron chi connectivity index (χ2n) is 6.77. The second-order valence-corrected chi connectivity index (χ2v) is 9.29. The molecule has 0 aromatic carbocycles. The van der Waals surface area contributed by atoms with Crippen molar-refractivity contribution < 1.29 is 23.9 Å². The van der Waals surface area contributed by atoms with Crippen LogP contribution in [0.2, 0.25) is 0 Å². The highest BCUT2D eigenvalue weighted by molar-refractivity contribution is 6.67. The van der Waals surface area contributed by atoms with E-state index in [0.29, 0.717) is 25.8 Å². The van der Waals surface area contributed by atoms with Gasteiger partial charge < -0.3 is 15.4 Å². The summed E-state index contributed by atoms with van der Waals surface area (Å²) in [4.78, 5) is 47.6. The van der Waals surface area contributed by atoms with Crippen LogP contribution in [0, 0.1) is 5.92 Å². The minimum atomic E-state index is -1.72. The molecule has 12 heteroatoms. The van der Waals surface area contributed by atoms with Crippen molar-refractivity contribution in [1.82, 2.24) is 21.1 Å². The first-order valence-electron chi connectivity index (χ1n) is 8.77. The Balaban J connectivity index is 2.63. The van der Waals surface area contributed by atoms with Crippen LogP contribution in [0.15, 0.2) is 0 Å². The van der Waals surface area contributed by atoms with Crippen molar-refractivity contribution >= 4 is 59.0 Å². The van der Waals surface area contributed by atoms with Gasteiger partial charge in [-0.3, -0.25) is 24.2 Å². The van der Waals surface area contributed by atoms with E-state index < -0.39 is 46.3 Å². The fraction of sp³-hybridized carbons (Fsp3) is 0.750. The lowest BCUT2D eigenvalue weighted by Crippen LogP contribution is -2.60. The number of carbonyl (C=O) groups is 4. The van der Waals surface area contributed by atoms with Crippen LogP contribution < -0.4 is 16.1 Å². The minimum absolute atomic E-state index is 0.155. The zero-order valence-electron chi connectivity index (χ0n) is 15.8. The number of alkyl halides is 3. The molecule has 1 saturated heterocycles. The Kier molecular flexibility index (Phi) is 9.76. The Morgan fingerprint density at radius 2 is 1.93 bits per heavy atom. The van der Waals surface area contributed by atoms with Crippen LogP contribution in [0.1, 0.15) is 33.6 Å². The van der Waals surface area contributed by atoms with Gasteiger partial charge in [-0.15, -0.1) is 0 Å². The first-order valence-corrected chi connectivity index (χ1v) is 9.90. The lowest BCUT2D eigenvalue weighted by Gasteiger charge is -2.34. The predicted molar refractivity (Wildman–Crippen MR) is 105 cm³/mol. The van der Waals surface area contributed by atoms with E-state index in [9.17, 15) is 19.2 Å². The van der Waals surface area contributed by atoms with E-state index in [1.54, 1.807) is 13.8 Å². The third kappa shape index (κ3) is 7.98. The third-order valence-corrected chi connectivity index (χ3v) is 4.37. The number of esters is 1. The average molecular weight is 460 g/mol. The van der Waals surface area contributed by atoms with Crippen LogP contribution in [-0.2, 0) is 23.9 Å². The molecule has 0 radical (unpaired) electrons. The average Bonchev–Trinajstić information content (AvgIpc) is 2.62. The van der Waals surface area contributed by atoms with E-state index in [0.717, 1.165) is 0 Å². The molecule has 1 fully saturated rings. The summed E-state index contributed by atoms with van der Waals surface area (Å²) in [5.74, 6) is -1.70. The Hall–Kier alpha value is -1.29. The molecule has 9 nitrogen and oxygen atoms in total. The van der Waals surface area contributed by atoms with Crippen LogP contribution in [0.3, 0.4) is 0 Å². The summed E-state index contributed by atoms with van der Waals surface area (Å²) in [6.45, 7) is 5.01. The van der Waals surface area contributed by atoms with E-state index in [-0.39, 0.29) is 5.92 Å². The molecule has 1 aliphatic rings. The molecule has 2 unspecified atom stereocenters. The highest BCUT2D eigenvalue weighted by Crippen LogP contribution is 2.26. The molecular weight excluding hydrogens is 435 g/mol. The van der Waals surface area contributed by atoms with Gasteiger partial charge in [-0.2, -0.15) is 0 Å². The monoisotopic (exact) mass is 458 g/mol. The van der Waals surface area contributed by atoms with Gasteiger partial charge in [0, 0.05) is 6.54 Å². The van der Waals surface area contributed by atoms with Crippen LogP contribution in [-0.4, -0.2) is 64.3 Å². The Bertz CT molecular complexity index is 585. The van der Waals surface area contributed by atoms with Crippen LogP contribution >= 0.6 is 34.8 Å². The number of ether oxygens (including phenoxy) is 1. The molecule has 160 valence electrons. The molecule has 3 amide bonds. The largest absolute Gasteiger partial charge is 0.460 e. The van der Waals surface area contributed by atoms with Gasteiger partial charge in [0.2, 0.25) is 16.1 Å². The summed E-state index contributed by atoms with van der Waals surface area (Å²) >= 11 is 16.7. The molecule has 0 aliphatic carbocycles. The SMILES string of the molecule is CC(C)C(NC=O)C(=O)N[C@@H](C)C(=O)N1CCCC(C(=O)OCC(Cl)(Cl)Cl)N1. The smallest absolute Gasteiger partial charge is 0.325 e. The fourth-order valence-corrected chi connectivity index (χ4v) is 2.78. The van der Waals surface area contributed by atoms with Gasteiger partial charge in [-0.25, -0.2) is 5.43 Å². The predicted octanol–water partition coefficient (Wildman–Crippen LogP) is 0.671. The minimum Gasteiger partial charge on any atom is -0.460 e. The summed E-state index contributed by atoms with van der Waals surface area (Å²) in [6, 6.07) is -2.40. The number of hydrogen-bond acceptors (Lipinski definition) is 6. The fourth-order valence-electron chi connectivity index (χ4n) is 2.61. The number of hydrogen-bond donors (Lipinski definition) is 3. The number of halogens is 3. The Labute approximate surface area is 178 Å². The van der Waals surface area contributed by atoms with E-state index in [2.05, 4.69) is 16.1 Å². The molecule has 3 N–H and O–H groups in total. The highest BCUT2D eigenvalue weighted by atomic mass is 35.6. The number of nitrogens with zero attached hydrogens (tertiary/aromatic N) is 1. The zero-order valence-corrected chi connectivity index (χ0v) is 18.1. The van der Waals surface area contributed by atoms with E-state index in [1.807, 2.05) is 0 Å². The molecule has 28 heavy (non-hydrogen) atoms. The maximum atomic E-state index is 12.6. The number of carbonyl (C=O) groups excluding carboxylic acids is 4. The lowest BCUT2D eigenvalue weighted by molar-refractivity contribution is -0.152. The quantitative estimate of drug-likeness (QED) is 0.279. The van der Waals surface area contributed by atoms with Gasteiger partial charge in [0.15, 0.2) is 0 Å². The Morgan fingerprint density at radius 1 is 1.29 bits per heavy atom. The molecule has 0 bridgehead atoms. The molecule has 1 heterocycles. The third-order valence-electron chi connectivity index (χ3n) is 4.04. The van der Waals surface area contributed by atoms with Gasteiger partial charge in [-0.05, 0) is 25.7 Å². The second kappa shape index (κ2) is 11.0. The number of amides is 3. The summed E-state index contributed by atoms with van der Waals surface area (Å²) < 4.78 is 3.22. The maximum Gasteiger partial charge on any atom is 0.325 e. The van der Waals surface area contributed by atoms with Crippen molar-refractivity contribution in [2.24, 2.45) is 5.92 Å². The molecule has 0 aromatic heterocycles. The van der Waals surface area contributed by atoms with Crippen molar-refractivity contribution in [3.8, 4) is 0 Å². The van der Waals surface area contributed by atoms with Crippen molar-refractivity contribution in [1.29, 1.82) is 0 Å². The topological polar surface area (TPSA) is 117 Å². The van der Waals surface area contributed by atoms with E-state index in [1.165, 1.54) is 11.9 Å².